The maximum atomic E-state index is 2.63. The van der Waals surface area contributed by atoms with Crippen LogP contribution in [0.15, 0.2) is 198 Å². The third kappa shape index (κ3) is 6.00. The Morgan fingerprint density at radius 3 is 1.58 bits per heavy atom. The average molecular weight is 722 g/mol. The predicted octanol–water partition coefficient (Wildman–Crippen LogP) is 12.5. The lowest BCUT2D eigenvalue weighted by molar-refractivity contribution is 0.794. The second-order valence-electron chi connectivity index (χ2n) is 14.7. The highest BCUT2D eigenvalue weighted by Gasteiger charge is 2.42. The zero-order valence-corrected chi connectivity index (χ0v) is 31.8. The maximum absolute atomic E-state index is 2.63. The molecular weight excluding hydrogens is 681 g/mol. The van der Waals surface area contributed by atoms with E-state index in [0.717, 1.165) is 19.3 Å². The number of aryl methyl sites for hydroxylation is 1. The van der Waals surface area contributed by atoms with Crippen molar-refractivity contribution in [1.29, 1.82) is 0 Å². The summed E-state index contributed by atoms with van der Waals surface area (Å²) in [5.41, 5.74) is 19.1. The lowest BCUT2D eigenvalue weighted by Crippen LogP contribution is -2.60. The summed E-state index contributed by atoms with van der Waals surface area (Å²) in [4.78, 5) is 5.34. The number of nitrogens with zero attached hydrogens (tertiary/aromatic N) is 1. The molecule has 8 aromatic rings. The molecule has 0 atom stereocenters. The minimum atomic E-state index is 0.0733. The second kappa shape index (κ2) is 14.3. The van der Waals surface area contributed by atoms with Crippen LogP contribution in [-0.4, -0.2) is 6.71 Å². The van der Waals surface area contributed by atoms with Gasteiger partial charge in [0.05, 0.1) is 5.69 Å². The van der Waals surface area contributed by atoms with E-state index in [-0.39, 0.29) is 6.71 Å². The zero-order valence-electron chi connectivity index (χ0n) is 31.0. The Balaban J connectivity index is 1.30. The Morgan fingerprint density at radius 2 is 1.00 bits per heavy atom. The number of anilines is 3. The molecule has 0 fully saturated rings. The number of hydrogen-bond acceptors (Lipinski definition) is 2. The van der Waals surface area contributed by atoms with Gasteiger partial charge in [-0.3, -0.25) is 0 Å². The molecule has 0 amide bonds. The van der Waals surface area contributed by atoms with Crippen molar-refractivity contribution >= 4 is 51.9 Å². The summed E-state index contributed by atoms with van der Waals surface area (Å²) in [5, 5.41) is 0. The molecule has 0 saturated heterocycles. The van der Waals surface area contributed by atoms with Gasteiger partial charge in [-0.1, -0.05) is 194 Å². The third-order valence-corrected chi connectivity index (χ3v) is 12.4. The Morgan fingerprint density at radius 1 is 0.455 bits per heavy atom. The fourth-order valence-corrected chi connectivity index (χ4v) is 9.89. The van der Waals surface area contributed by atoms with E-state index >= 15 is 0 Å². The summed E-state index contributed by atoms with van der Waals surface area (Å²) in [6.45, 7) is 2.37. The van der Waals surface area contributed by atoms with Crippen molar-refractivity contribution in [3.05, 3.63) is 194 Å². The average Bonchev–Trinajstić information content (AvgIpc) is 3.26. The van der Waals surface area contributed by atoms with Crippen molar-refractivity contribution in [3.63, 3.8) is 0 Å². The lowest BCUT2D eigenvalue weighted by atomic mass is 9.34. The van der Waals surface area contributed by atoms with E-state index in [0.29, 0.717) is 0 Å². The third-order valence-electron chi connectivity index (χ3n) is 11.3. The van der Waals surface area contributed by atoms with Gasteiger partial charge in [-0.05, 0) is 87.0 Å². The van der Waals surface area contributed by atoms with E-state index in [9.17, 15) is 0 Å². The van der Waals surface area contributed by atoms with Crippen molar-refractivity contribution in [2.75, 3.05) is 4.90 Å². The van der Waals surface area contributed by atoms with Gasteiger partial charge in [0.1, 0.15) is 0 Å². The molecule has 2 heterocycles. The van der Waals surface area contributed by atoms with Gasteiger partial charge in [0, 0.05) is 32.3 Å². The molecular formula is C52H40BNS. The summed E-state index contributed by atoms with van der Waals surface area (Å²) < 4.78 is 0. The van der Waals surface area contributed by atoms with Crippen LogP contribution >= 0.6 is 11.8 Å². The molecule has 0 aliphatic carbocycles. The monoisotopic (exact) mass is 721 g/mol. The van der Waals surface area contributed by atoms with Crippen LogP contribution in [0.4, 0.5) is 17.1 Å². The van der Waals surface area contributed by atoms with Crippen LogP contribution in [0.25, 0.3) is 44.5 Å². The van der Waals surface area contributed by atoms with Gasteiger partial charge in [0.2, 0.25) is 6.71 Å². The van der Waals surface area contributed by atoms with Gasteiger partial charge in [-0.2, -0.15) is 0 Å². The minimum absolute atomic E-state index is 0.0733. The van der Waals surface area contributed by atoms with Gasteiger partial charge >= 0.3 is 0 Å². The molecule has 3 heteroatoms. The molecule has 0 spiro atoms. The van der Waals surface area contributed by atoms with E-state index in [1.54, 1.807) is 0 Å². The first kappa shape index (κ1) is 33.5. The number of para-hydroxylation sites is 1. The van der Waals surface area contributed by atoms with Crippen LogP contribution in [0.5, 0.6) is 0 Å². The Bertz CT molecular complexity index is 2600. The van der Waals surface area contributed by atoms with Crippen LogP contribution in [0.1, 0.15) is 25.3 Å². The van der Waals surface area contributed by atoms with Gasteiger partial charge in [0.15, 0.2) is 0 Å². The van der Waals surface area contributed by atoms with E-state index < -0.39 is 0 Å². The molecule has 0 saturated carbocycles. The molecule has 2 aliphatic heterocycles. The van der Waals surface area contributed by atoms with Crippen LogP contribution in [0.3, 0.4) is 0 Å². The molecule has 0 unspecified atom stereocenters. The molecule has 8 aromatic carbocycles. The van der Waals surface area contributed by atoms with Crippen molar-refractivity contribution in [2.45, 2.75) is 36.0 Å². The predicted molar refractivity (Wildman–Crippen MR) is 237 cm³/mol. The Hall–Kier alpha value is -6.03. The smallest absolute Gasteiger partial charge is 0.249 e. The minimum Gasteiger partial charge on any atom is -0.310 e. The van der Waals surface area contributed by atoms with Crippen molar-refractivity contribution in [1.82, 2.24) is 0 Å². The first-order valence-corrected chi connectivity index (χ1v) is 20.3. The van der Waals surface area contributed by atoms with Crippen LogP contribution in [0.2, 0.25) is 0 Å². The van der Waals surface area contributed by atoms with Gasteiger partial charge < -0.3 is 4.90 Å². The Labute approximate surface area is 329 Å². The number of unbranched alkanes of at least 4 members (excludes halogenated alkanes) is 1. The van der Waals surface area contributed by atoms with E-state index in [1.165, 1.54) is 93.3 Å². The molecule has 262 valence electrons. The van der Waals surface area contributed by atoms with E-state index in [1.807, 2.05) is 11.8 Å². The number of hydrogen-bond donors (Lipinski definition) is 0. The fraction of sp³-hybridized carbons (Fsp3) is 0.0769. The second-order valence-corrected chi connectivity index (χ2v) is 15.8. The highest BCUT2D eigenvalue weighted by atomic mass is 32.2. The molecule has 1 nitrogen and oxygen atoms in total. The quantitative estimate of drug-likeness (QED) is 0.144. The molecule has 55 heavy (non-hydrogen) atoms. The number of fused-ring (bicyclic) bond motifs is 4. The highest BCUT2D eigenvalue weighted by Crippen LogP contribution is 2.49. The van der Waals surface area contributed by atoms with Gasteiger partial charge in [-0.25, -0.2) is 0 Å². The van der Waals surface area contributed by atoms with Crippen molar-refractivity contribution < 1.29 is 0 Å². The molecule has 0 radical (unpaired) electrons. The van der Waals surface area contributed by atoms with Gasteiger partial charge in [-0.15, -0.1) is 0 Å². The molecule has 2 aliphatic rings. The summed E-state index contributed by atoms with van der Waals surface area (Å²) >= 11 is 1.95. The van der Waals surface area contributed by atoms with Crippen LogP contribution in [-0.2, 0) is 6.42 Å². The molecule has 0 bridgehead atoms. The normalized spacial score (nSPS) is 12.5. The van der Waals surface area contributed by atoms with E-state index in [2.05, 4.69) is 200 Å². The van der Waals surface area contributed by atoms with E-state index in [4.69, 9.17) is 0 Å². The number of rotatable bonds is 8. The lowest BCUT2D eigenvalue weighted by Gasteiger charge is -2.42. The summed E-state index contributed by atoms with van der Waals surface area (Å²) in [6, 6.07) is 69.8. The van der Waals surface area contributed by atoms with Crippen molar-refractivity contribution in [3.8, 4) is 44.5 Å². The first-order valence-electron chi connectivity index (χ1n) is 19.5. The number of benzene rings is 8. The summed E-state index contributed by atoms with van der Waals surface area (Å²) in [5.74, 6) is 0. The molecule has 0 N–H and O–H groups in total. The summed E-state index contributed by atoms with van der Waals surface area (Å²) in [6.07, 6.45) is 3.38. The molecule has 10 rings (SSSR count). The first-order chi connectivity index (χ1) is 27.2. The van der Waals surface area contributed by atoms with Crippen molar-refractivity contribution in [2.24, 2.45) is 0 Å². The highest BCUT2D eigenvalue weighted by molar-refractivity contribution is 8.00. The largest absolute Gasteiger partial charge is 0.310 e. The summed E-state index contributed by atoms with van der Waals surface area (Å²) in [7, 11) is 0. The fourth-order valence-electron chi connectivity index (χ4n) is 8.68. The topological polar surface area (TPSA) is 3.24 Å². The van der Waals surface area contributed by atoms with Crippen LogP contribution in [0, 0.1) is 0 Å². The van der Waals surface area contributed by atoms with Crippen LogP contribution < -0.4 is 21.3 Å². The standard InChI is InChI=1S/C52H40BNS/c1-2-3-17-36-32-48-51-50(33-36)55-49-31-29-42(38-20-10-5-11-21-38)35-46(49)53(51)45-34-41(37-18-8-4-9-19-37)28-30-47(45)54(48)52-43(39-22-12-6-13-23-39)26-16-27-44(52)40-24-14-7-15-25-40/h4-16,18-35H,2-3,17H2,1H3. The SMILES string of the molecule is CCCCc1cc2c3c(c1)N(c1c(-c4ccccc4)cccc1-c1ccccc1)c1ccc(-c4ccccc4)cc1B3c1cc(-c3ccccc3)ccc1S2. The maximum Gasteiger partial charge on any atom is 0.249 e. The van der Waals surface area contributed by atoms with Gasteiger partial charge in [0.25, 0.3) is 0 Å². The Kier molecular flexibility index (Phi) is 8.73. The molecule has 0 aromatic heterocycles. The zero-order chi connectivity index (χ0) is 36.7.